The molecule has 0 aliphatic carbocycles. The van der Waals surface area contributed by atoms with Gasteiger partial charge in [0.05, 0.1) is 14.2 Å². The molecule has 0 bridgehead atoms. The highest BCUT2D eigenvalue weighted by Gasteiger charge is 2.18. The number of rotatable bonds is 6. The first-order valence-electron chi connectivity index (χ1n) is 6.63. The first-order chi connectivity index (χ1) is 9.80. The van der Waals surface area contributed by atoms with Crippen LogP contribution < -0.4 is 15.2 Å². The number of pyridine rings is 1. The number of ether oxygens (including phenoxy) is 2. The van der Waals surface area contributed by atoms with Crippen LogP contribution in [0.2, 0.25) is 0 Å². The van der Waals surface area contributed by atoms with Crippen molar-refractivity contribution in [1.82, 2.24) is 4.98 Å². The van der Waals surface area contributed by atoms with Crippen LogP contribution in [0.25, 0.3) is 0 Å². The third-order valence-corrected chi connectivity index (χ3v) is 3.34. The molecule has 1 aromatic heterocycles. The van der Waals surface area contributed by atoms with Gasteiger partial charge in [0.1, 0.15) is 5.75 Å². The molecule has 2 aromatic rings. The second-order valence-electron chi connectivity index (χ2n) is 4.51. The molecule has 0 saturated carbocycles. The molecule has 4 nitrogen and oxygen atoms in total. The Labute approximate surface area is 119 Å². The fourth-order valence-corrected chi connectivity index (χ4v) is 2.34. The zero-order chi connectivity index (χ0) is 14.4. The van der Waals surface area contributed by atoms with Crippen molar-refractivity contribution >= 4 is 0 Å². The maximum absolute atomic E-state index is 5.77. The van der Waals surface area contributed by atoms with Gasteiger partial charge >= 0.3 is 0 Å². The lowest BCUT2D eigenvalue weighted by atomic mass is 9.89. The summed E-state index contributed by atoms with van der Waals surface area (Å²) < 4.78 is 10.6. The number of benzene rings is 1. The molecule has 0 saturated heterocycles. The molecule has 1 aromatic carbocycles. The van der Waals surface area contributed by atoms with Gasteiger partial charge in [-0.25, -0.2) is 4.98 Å². The average Bonchev–Trinajstić information content (AvgIpc) is 2.53. The lowest BCUT2D eigenvalue weighted by molar-refractivity contribution is 0.389. The van der Waals surface area contributed by atoms with Gasteiger partial charge in [0.15, 0.2) is 0 Å². The predicted octanol–water partition coefficient (Wildman–Crippen LogP) is 2.58. The Kier molecular flexibility index (Phi) is 4.96. The van der Waals surface area contributed by atoms with Gasteiger partial charge in [-0.2, -0.15) is 0 Å². The van der Waals surface area contributed by atoms with Crippen molar-refractivity contribution in [2.45, 2.75) is 12.3 Å². The summed E-state index contributed by atoms with van der Waals surface area (Å²) in [5.41, 5.74) is 8.01. The molecule has 0 aliphatic heterocycles. The zero-order valence-electron chi connectivity index (χ0n) is 11.9. The average molecular weight is 272 g/mol. The Balaban J connectivity index is 2.39. The fourth-order valence-electron chi connectivity index (χ4n) is 2.34. The van der Waals surface area contributed by atoms with E-state index < -0.39 is 0 Å². The molecule has 0 fully saturated rings. The lowest BCUT2D eigenvalue weighted by Gasteiger charge is -2.19. The lowest BCUT2D eigenvalue weighted by Crippen LogP contribution is -2.10. The first-order valence-corrected chi connectivity index (χ1v) is 6.63. The van der Waals surface area contributed by atoms with Crippen LogP contribution >= 0.6 is 0 Å². The van der Waals surface area contributed by atoms with Gasteiger partial charge in [-0.3, -0.25) is 0 Å². The van der Waals surface area contributed by atoms with Gasteiger partial charge in [0, 0.05) is 17.7 Å². The van der Waals surface area contributed by atoms with Crippen LogP contribution in [0.15, 0.2) is 42.6 Å². The van der Waals surface area contributed by atoms with Crippen molar-refractivity contribution in [3.8, 4) is 11.6 Å². The van der Waals surface area contributed by atoms with Crippen molar-refractivity contribution in [2.24, 2.45) is 5.73 Å². The third-order valence-electron chi connectivity index (χ3n) is 3.34. The maximum atomic E-state index is 5.77. The minimum absolute atomic E-state index is 0.176. The van der Waals surface area contributed by atoms with E-state index in [2.05, 4.69) is 17.1 Å². The zero-order valence-corrected chi connectivity index (χ0v) is 11.9. The van der Waals surface area contributed by atoms with E-state index >= 15 is 0 Å². The van der Waals surface area contributed by atoms with E-state index in [4.69, 9.17) is 15.2 Å². The van der Waals surface area contributed by atoms with Crippen molar-refractivity contribution < 1.29 is 9.47 Å². The Morgan fingerprint density at radius 1 is 1.10 bits per heavy atom. The summed E-state index contributed by atoms with van der Waals surface area (Å²) in [6.07, 6.45) is 2.57. The molecule has 0 amide bonds. The van der Waals surface area contributed by atoms with E-state index in [9.17, 15) is 0 Å². The largest absolute Gasteiger partial charge is 0.497 e. The van der Waals surface area contributed by atoms with Crippen molar-refractivity contribution in [3.05, 3.63) is 53.7 Å². The van der Waals surface area contributed by atoms with Gasteiger partial charge < -0.3 is 15.2 Å². The molecule has 2 rings (SSSR count). The molecule has 0 spiro atoms. The fraction of sp³-hybridized carbons (Fsp3) is 0.312. The summed E-state index contributed by atoms with van der Waals surface area (Å²) in [4.78, 5) is 4.27. The minimum Gasteiger partial charge on any atom is -0.497 e. The van der Waals surface area contributed by atoms with Crippen LogP contribution in [-0.2, 0) is 0 Å². The summed E-state index contributed by atoms with van der Waals surface area (Å²) in [5, 5.41) is 0. The number of aromatic nitrogens is 1. The Morgan fingerprint density at radius 2 is 1.85 bits per heavy atom. The van der Waals surface area contributed by atoms with E-state index in [0.29, 0.717) is 12.4 Å². The smallest absolute Gasteiger partial charge is 0.216 e. The van der Waals surface area contributed by atoms with E-state index in [1.807, 2.05) is 24.3 Å². The SMILES string of the molecule is COc1ccc(C(CCN)c2cccnc2OC)cc1. The number of nitrogens with zero attached hydrogens (tertiary/aromatic N) is 1. The van der Waals surface area contributed by atoms with Gasteiger partial charge in [0.2, 0.25) is 5.88 Å². The van der Waals surface area contributed by atoms with Crippen LogP contribution in [0.1, 0.15) is 23.5 Å². The van der Waals surface area contributed by atoms with Crippen LogP contribution in [0.3, 0.4) is 0 Å². The molecule has 0 radical (unpaired) electrons. The van der Waals surface area contributed by atoms with E-state index in [-0.39, 0.29) is 5.92 Å². The van der Waals surface area contributed by atoms with Crippen molar-refractivity contribution in [2.75, 3.05) is 20.8 Å². The Hall–Kier alpha value is -2.07. The third kappa shape index (κ3) is 3.08. The normalized spacial score (nSPS) is 11.9. The summed E-state index contributed by atoms with van der Waals surface area (Å²) in [5.74, 6) is 1.68. The van der Waals surface area contributed by atoms with E-state index in [1.165, 1.54) is 5.56 Å². The van der Waals surface area contributed by atoms with E-state index in [0.717, 1.165) is 17.7 Å². The maximum Gasteiger partial charge on any atom is 0.216 e. The highest BCUT2D eigenvalue weighted by molar-refractivity contribution is 5.40. The van der Waals surface area contributed by atoms with Crippen molar-refractivity contribution in [1.29, 1.82) is 0 Å². The molecule has 4 heteroatoms. The van der Waals surface area contributed by atoms with Gasteiger partial charge in [0.25, 0.3) is 0 Å². The van der Waals surface area contributed by atoms with Crippen LogP contribution in [0.5, 0.6) is 11.6 Å². The summed E-state index contributed by atoms with van der Waals surface area (Å²) in [7, 11) is 3.30. The standard InChI is InChI=1S/C16H20N2O2/c1-19-13-7-5-12(6-8-13)14(9-10-17)15-4-3-11-18-16(15)20-2/h3-8,11,14H,9-10,17H2,1-2H3. The van der Waals surface area contributed by atoms with Gasteiger partial charge in [-0.1, -0.05) is 18.2 Å². The molecule has 2 N–H and O–H groups in total. The van der Waals surface area contributed by atoms with Gasteiger partial charge in [-0.05, 0) is 36.7 Å². The molecule has 1 heterocycles. The second kappa shape index (κ2) is 6.91. The van der Waals surface area contributed by atoms with Crippen molar-refractivity contribution in [3.63, 3.8) is 0 Å². The monoisotopic (exact) mass is 272 g/mol. The Bertz CT molecular complexity index is 540. The van der Waals surface area contributed by atoms with Crippen LogP contribution in [0.4, 0.5) is 0 Å². The highest BCUT2D eigenvalue weighted by Crippen LogP contribution is 2.33. The highest BCUT2D eigenvalue weighted by atomic mass is 16.5. The topological polar surface area (TPSA) is 57.4 Å². The first kappa shape index (κ1) is 14.3. The summed E-state index contributed by atoms with van der Waals surface area (Å²) in [6.45, 7) is 0.606. The van der Waals surface area contributed by atoms with Crippen LogP contribution in [-0.4, -0.2) is 25.7 Å². The number of hydrogen-bond donors (Lipinski definition) is 1. The van der Waals surface area contributed by atoms with Gasteiger partial charge in [-0.15, -0.1) is 0 Å². The molecular formula is C16H20N2O2. The summed E-state index contributed by atoms with van der Waals surface area (Å²) in [6, 6.07) is 12.0. The van der Waals surface area contributed by atoms with Crippen LogP contribution in [0, 0.1) is 0 Å². The predicted molar refractivity (Wildman–Crippen MR) is 79.3 cm³/mol. The second-order valence-corrected chi connectivity index (χ2v) is 4.51. The molecule has 106 valence electrons. The minimum atomic E-state index is 0.176. The molecule has 1 atom stereocenters. The molecule has 1 unspecified atom stereocenters. The number of methoxy groups -OCH3 is 2. The molecule has 0 aliphatic rings. The quantitative estimate of drug-likeness (QED) is 0.878. The van der Waals surface area contributed by atoms with E-state index in [1.54, 1.807) is 20.4 Å². The molecule has 20 heavy (non-hydrogen) atoms. The Morgan fingerprint density at radius 3 is 2.45 bits per heavy atom. The summed E-state index contributed by atoms with van der Waals surface area (Å²) >= 11 is 0. The number of hydrogen-bond acceptors (Lipinski definition) is 4. The number of nitrogens with two attached hydrogens (primary N) is 1. The molecular weight excluding hydrogens is 252 g/mol.